The Morgan fingerprint density at radius 1 is 1.39 bits per heavy atom. The number of carbonyl (C=O) groups is 1. The van der Waals surface area contributed by atoms with Gasteiger partial charge in [-0.1, -0.05) is 6.92 Å². The van der Waals surface area contributed by atoms with E-state index < -0.39 is 4.92 Å². The van der Waals surface area contributed by atoms with Crippen molar-refractivity contribution in [2.24, 2.45) is 0 Å². The van der Waals surface area contributed by atoms with E-state index in [1.54, 1.807) is 16.9 Å². The SMILES string of the molecule is CCC(C)n1nccc1NC(=O)COc1ccc([N+](=O)[O-])cc1. The van der Waals surface area contributed by atoms with Crippen molar-refractivity contribution in [3.8, 4) is 5.75 Å². The average Bonchev–Trinajstić information content (AvgIpc) is 3.00. The fraction of sp³-hybridized carbons (Fsp3) is 0.333. The summed E-state index contributed by atoms with van der Waals surface area (Å²) in [5.74, 6) is 0.672. The number of hydrogen-bond acceptors (Lipinski definition) is 5. The molecule has 0 spiro atoms. The molecule has 1 amide bonds. The van der Waals surface area contributed by atoms with Crippen molar-refractivity contribution in [2.75, 3.05) is 11.9 Å². The van der Waals surface area contributed by atoms with Crippen molar-refractivity contribution in [1.29, 1.82) is 0 Å². The van der Waals surface area contributed by atoms with Gasteiger partial charge in [-0.15, -0.1) is 0 Å². The molecule has 1 heterocycles. The van der Waals surface area contributed by atoms with E-state index in [2.05, 4.69) is 10.4 Å². The normalized spacial score (nSPS) is 11.7. The van der Waals surface area contributed by atoms with Crippen molar-refractivity contribution in [3.63, 3.8) is 0 Å². The molecule has 122 valence electrons. The van der Waals surface area contributed by atoms with Crippen molar-refractivity contribution in [2.45, 2.75) is 26.3 Å². The van der Waals surface area contributed by atoms with Gasteiger partial charge >= 0.3 is 0 Å². The molecule has 0 saturated carbocycles. The van der Waals surface area contributed by atoms with E-state index in [4.69, 9.17) is 4.74 Å². The van der Waals surface area contributed by atoms with Gasteiger partial charge in [-0.05, 0) is 25.5 Å². The van der Waals surface area contributed by atoms with E-state index in [1.165, 1.54) is 24.3 Å². The highest BCUT2D eigenvalue weighted by Gasteiger charge is 2.12. The number of anilines is 1. The topological polar surface area (TPSA) is 99.3 Å². The molecule has 23 heavy (non-hydrogen) atoms. The molecule has 0 aliphatic heterocycles. The van der Waals surface area contributed by atoms with Crippen LogP contribution in [0.3, 0.4) is 0 Å². The van der Waals surface area contributed by atoms with Gasteiger partial charge in [0.2, 0.25) is 0 Å². The molecule has 1 atom stereocenters. The summed E-state index contributed by atoms with van der Waals surface area (Å²) in [7, 11) is 0. The minimum Gasteiger partial charge on any atom is -0.484 e. The van der Waals surface area contributed by atoms with Gasteiger partial charge in [0.15, 0.2) is 6.61 Å². The van der Waals surface area contributed by atoms with Gasteiger partial charge in [-0.3, -0.25) is 14.9 Å². The predicted octanol–water partition coefficient (Wildman–Crippen LogP) is 2.78. The summed E-state index contributed by atoms with van der Waals surface area (Å²) in [6, 6.07) is 7.45. The first-order valence-electron chi connectivity index (χ1n) is 7.22. The molecule has 0 bridgehead atoms. The number of benzene rings is 1. The second-order valence-corrected chi connectivity index (χ2v) is 5.01. The van der Waals surface area contributed by atoms with E-state index in [0.717, 1.165) is 6.42 Å². The molecule has 2 aromatic rings. The molecule has 0 aliphatic carbocycles. The summed E-state index contributed by atoms with van der Waals surface area (Å²) in [6.07, 6.45) is 2.52. The molecule has 1 unspecified atom stereocenters. The number of rotatable bonds is 7. The lowest BCUT2D eigenvalue weighted by atomic mass is 10.3. The Bertz CT molecular complexity index is 681. The summed E-state index contributed by atoms with van der Waals surface area (Å²) in [4.78, 5) is 22.0. The Morgan fingerprint density at radius 3 is 2.70 bits per heavy atom. The standard InChI is InChI=1S/C15H18N4O4/c1-3-11(2)18-14(8-9-16-18)17-15(20)10-23-13-6-4-12(5-7-13)19(21)22/h4-9,11H,3,10H2,1-2H3,(H,17,20). The van der Waals surface area contributed by atoms with E-state index in [-0.39, 0.29) is 24.2 Å². The smallest absolute Gasteiger partial charge is 0.269 e. The Balaban J connectivity index is 1.90. The highest BCUT2D eigenvalue weighted by atomic mass is 16.6. The Morgan fingerprint density at radius 2 is 2.09 bits per heavy atom. The van der Waals surface area contributed by atoms with Crippen molar-refractivity contribution in [1.82, 2.24) is 9.78 Å². The lowest BCUT2D eigenvalue weighted by Gasteiger charge is -2.14. The number of non-ortho nitro benzene ring substituents is 1. The van der Waals surface area contributed by atoms with Crippen LogP contribution in [-0.4, -0.2) is 27.2 Å². The van der Waals surface area contributed by atoms with Crippen LogP contribution < -0.4 is 10.1 Å². The second-order valence-electron chi connectivity index (χ2n) is 5.01. The maximum Gasteiger partial charge on any atom is 0.269 e. The van der Waals surface area contributed by atoms with Gasteiger partial charge in [-0.25, -0.2) is 4.68 Å². The van der Waals surface area contributed by atoms with Gasteiger partial charge in [-0.2, -0.15) is 5.10 Å². The highest BCUT2D eigenvalue weighted by molar-refractivity contribution is 5.91. The maximum absolute atomic E-state index is 11.9. The van der Waals surface area contributed by atoms with Crippen molar-refractivity contribution in [3.05, 3.63) is 46.6 Å². The summed E-state index contributed by atoms with van der Waals surface area (Å²) in [6.45, 7) is 3.86. The van der Waals surface area contributed by atoms with Gasteiger partial charge in [0, 0.05) is 18.2 Å². The molecule has 0 saturated heterocycles. The molecule has 0 aliphatic rings. The van der Waals surface area contributed by atoms with Crippen molar-refractivity contribution < 1.29 is 14.5 Å². The summed E-state index contributed by atoms with van der Waals surface area (Å²) in [5.41, 5.74) is -0.0285. The van der Waals surface area contributed by atoms with Crippen molar-refractivity contribution >= 4 is 17.4 Å². The fourth-order valence-electron chi connectivity index (χ4n) is 1.93. The second kappa shape index (κ2) is 7.39. The van der Waals surface area contributed by atoms with Gasteiger partial charge in [0.1, 0.15) is 11.6 Å². The quantitative estimate of drug-likeness (QED) is 0.625. The molecule has 0 radical (unpaired) electrons. The molecular weight excluding hydrogens is 300 g/mol. The molecule has 0 fully saturated rings. The summed E-state index contributed by atoms with van der Waals surface area (Å²) in [5, 5.41) is 17.5. The van der Waals surface area contributed by atoms with E-state index in [9.17, 15) is 14.9 Å². The first-order valence-corrected chi connectivity index (χ1v) is 7.22. The van der Waals surface area contributed by atoms with Crippen LogP contribution in [0.4, 0.5) is 11.5 Å². The van der Waals surface area contributed by atoms with Crippen LogP contribution in [0.1, 0.15) is 26.3 Å². The van der Waals surface area contributed by atoms with Gasteiger partial charge < -0.3 is 10.1 Å². The summed E-state index contributed by atoms with van der Waals surface area (Å²) >= 11 is 0. The summed E-state index contributed by atoms with van der Waals surface area (Å²) < 4.78 is 7.05. The Hall–Kier alpha value is -2.90. The van der Waals surface area contributed by atoms with Crippen LogP contribution in [0.2, 0.25) is 0 Å². The third-order valence-electron chi connectivity index (χ3n) is 3.36. The molecule has 1 N–H and O–H groups in total. The number of aromatic nitrogens is 2. The van der Waals surface area contributed by atoms with Crippen LogP contribution in [0, 0.1) is 10.1 Å². The first-order chi connectivity index (χ1) is 11.0. The molecule has 8 nitrogen and oxygen atoms in total. The third-order valence-corrected chi connectivity index (χ3v) is 3.36. The molecule has 8 heteroatoms. The highest BCUT2D eigenvalue weighted by Crippen LogP contribution is 2.18. The van der Waals surface area contributed by atoms with Crippen LogP contribution in [-0.2, 0) is 4.79 Å². The van der Waals surface area contributed by atoms with Crippen LogP contribution in [0.15, 0.2) is 36.5 Å². The number of nitro groups is 1. The fourth-order valence-corrected chi connectivity index (χ4v) is 1.93. The molecule has 1 aromatic heterocycles. The Labute approximate surface area is 133 Å². The number of ether oxygens (including phenoxy) is 1. The molecule has 2 rings (SSSR count). The number of carbonyl (C=O) groups excluding carboxylic acids is 1. The lowest BCUT2D eigenvalue weighted by molar-refractivity contribution is -0.384. The van der Waals surface area contributed by atoms with E-state index in [1.807, 2.05) is 13.8 Å². The maximum atomic E-state index is 11.9. The minimum absolute atomic E-state index is 0.0285. The van der Waals surface area contributed by atoms with E-state index in [0.29, 0.717) is 11.6 Å². The number of nitrogens with zero attached hydrogens (tertiary/aromatic N) is 3. The molecular formula is C15H18N4O4. The Kier molecular flexibility index (Phi) is 5.29. The lowest BCUT2D eigenvalue weighted by Crippen LogP contribution is -2.22. The van der Waals surface area contributed by atoms with E-state index >= 15 is 0 Å². The third kappa shape index (κ3) is 4.29. The minimum atomic E-state index is -0.494. The van der Waals surface area contributed by atoms with Gasteiger partial charge in [0.05, 0.1) is 17.2 Å². The number of nitrogens with one attached hydrogen (secondary N) is 1. The van der Waals surface area contributed by atoms with Gasteiger partial charge in [0.25, 0.3) is 11.6 Å². The zero-order chi connectivity index (χ0) is 16.8. The number of nitro benzene ring substituents is 1. The number of amides is 1. The average molecular weight is 318 g/mol. The predicted molar refractivity (Wildman–Crippen MR) is 84.5 cm³/mol. The molecule has 1 aromatic carbocycles. The van der Waals surface area contributed by atoms with Crippen LogP contribution in [0.25, 0.3) is 0 Å². The number of hydrogen-bond donors (Lipinski definition) is 1. The zero-order valence-electron chi connectivity index (χ0n) is 12.9. The monoisotopic (exact) mass is 318 g/mol. The first kappa shape index (κ1) is 16.5. The largest absolute Gasteiger partial charge is 0.484 e. The zero-order valence-corrected chi connectivity index (χ0v) is 12.9. The van der Waals surface area contributed by atoms with Crippen LogP contribution in [0.5, 0.6) is 5.75 Å². The van der Waals surface area contributed by atoms with Crippen LogP contribution >= 0.6 is 0 Å².